The summed E-state index contributed by atoms with van der Waals surface area (Å²) in [5, 5.41) is 0. The molecule has 9 nitrogen and oxygen atoms in total. The summed E-state index contributed by atoms with van der Waals surface area (Å²) >= 11 is 0. The van der Waals surface area contributed by atoms with Crippen molar-refractivity contribution in [2.75, 3.05) is 47.5 Å². The third kappa shape index (κ3) is 52.0. The van der Waals surface area contributed by atoms with E-state index >= 15 is 0 Å². The maximum absolute atomic E-state index is 12.7. The van der Waals surface area contributed by atoms with Crippen molar-refractivity contribution in [2.24, 2.45) is 0 Å². The molecule has 388 valence electrons. The zero-order valence-corrected chi connectivity index (χ0v) is 44.7. The van der Waals surface area contributed by atoms with E-state index in [1.807, 2.05) is 21.1 Å². The summed E-state index contributed by atoms with van der Waals surface area (Å²) in [5.41, 5.74) is 0. The highest BCUT2D eigenvalue weighted by atomic mass is 31.2. The molecule has 68 heavy (non-hydrogen) atoms. The minimum atomic E-state index is -4.37. The summed E-state index contributed by atoms with van der Waals surface area (Å²) in [4.78, 5) is 35.1. The SMILES string of the molecule is CC/C=C\C/C=C\C/C=C\C/C=C\C/C=C\C/C=C\C/C=C\C/C=C\C/C=C\CCCCCCCCCCCCCC(=O)OC(COC(=O)CCCCCCC)COP(=O)(O)OCC[N+](C)(C)C. The summed E-state index contributed by atoms with van der Waals surface area (Å²) in [5.74, 6) is -0.822. The Morgan fingerprint density at radius 3 is 1.25 bits per heavy atom. The first-order valence-electron chi connectivity index (χ1n) is 26.6. The van der Waals surface area contributed by atoms with Gasteiger partial charge in [0, 0.05) is 12.8 Å². The van der Waals surface area contributed by atoms with E-state index in [1.54, 1.807) is 0 Å². The van der Waals surface area contributed by atoms with Gasteiger partial charge in [-0.3, -0.25) is 18.6 Å². The summed E-state index contributed by atoms with van der Waals surface area (Å²) in [6, 6.07) is 0. The molecule has 0 radical (unpaired) electrons. The molecule has 0 heterocycles. The molecule has 0 rings (SSSR count). The molecular formula is C58H99NO8P+. The number of likely N-dealkylation sites (N-methyl/N-ethyl adjacent to an activating group) is 1. The van der Waals surface area contributed by atoms with Crippen LogP contribution in [0.25, 0.3) is 0 Å². The molecular weight excluding hydrogens is 870 g/mol. The summed E-state index contributed by atoms with van der Waals surface area (Å²) < 4.78 is 34.1. The number of phosphoric ester groups is 1. The average molecular weight is 969 g/mol. The number of ether oxygens (including phenoxy) is 2. The zero-order valence-electron chi connectivity index (χ0n) is 43.8. The van der Waals surface area contributed by atoms with Gasteiger partial charge in [0.1, 0.15) is 19.8 Å². The van der Waals surface area contributed by atoms with Gasteiger partial charge in [0.15, 0.2) is 6.10 Å². The van der Waals surface area contributed by atoms with Crippen LogP contribution in [-0.4, -0.2) is 74.9 Å². The van der Waals surface area contributed by atoms with E-state index in [0.29, 0.717) is 17.4 Å². The van der Waals surface area contributed by atoms with Crippen LogP contribution in [0.1, 0.15) is 194 Å². The van der Waals surface area contributed by atoms with Gasteiger partial charge < -0.3 is 18.9 Å². The number of nitrogens with zero attached hydrogens (tertiary/aromatic N) is 1. The average Bonchev–Trinajstić information content (AvgIpc) is 3.30. The number of quaternary nitrogens is 1. The van der Waals surface area contributed by atoms with Crippen molar-refractivity contribution in [3.8, 4) is 0 Å². The Bertz CT molecular complexity index is 1520. The maximum Gasteiger partial charge on any atom is 0.472 e. The smallest absolute Gasteiger partial charge is 0.462 e. The molecule has 10 heteroatoms. The number of carbonyl (C=O) groups is 2. The summed E-state index contributed by atoms with van der Waals surface area (Å²) in [7, 11) is 1.46. The van der Waals surface area contributed by atoms with E-state index in [0.717, 1.165) is 116 Å². The number of phosphoric acid groups is 1. The second kappa shape index (κ2) is 48.7. The molecule has 0 spiro atoms. The van der Waals surface area contributed by atoms with Crippen molar-refractivity contribution in [1.82, 2.24) is 0 Å². The van der Waals surface area contributed by atoms with Gasteiger partial charge in [-0.25, -0.2) is 4.57 Å². The molecule has 0 amide bonds. The lowest BCUT2D eigenvalue weighted by molar-refractivity contribution is -0.870. The van der Waals surface area contributed by atoms with Crippen molar-refractivity contribution in [1.29, 1.82) is 0 Å². The number of hydrogen-bond acceptors (Lipinski definition) is 7. The predicted octanol–water partition coefficient (Wildman–Crippen LogP) is 16.2. The topological polar surface area (TPSA) is 108 Å². The van der Waals surface area contributed by atoms with E-state index in [4.69, 9.17) is 18.5 Å². The number of esters is 2. The largest absolute Gasteiger partial charge is 0.472 e. The quantitative estimate of drug-likeness (QED) is 0.0211. The van der Waals surface area contributed by atoms with Gasteiger partial charge in [0.05, 0.1) is 27.7 Å². The van der Waals surface area contributed by atoms with Crippen LogP contribution in [0.2, 0.25) is 0 Å². The van der Waals surface area contributed by atoms with Gasteiger partial charge >= 0.3 is 19.8 Å². The van der Waals surface area contributed by atoms with Crippen LogP contribution in [0.3, 0.4) is 0 Å². The first kappa shape index (κ1) is 64.7. The van der Waals surface area contributed by atoms with E-state index in [1.165, 1.54) is 44.9 Å². The Hall–Kier alpha value is -3.33. The molecule has 0 aliphatic rings. The Balaban J connectivity index is 3.94. The molecule has 0 saturated heterocycles. The van der Waals surface area contributed by atoms with Crippen LogP contribution in [0.5, 0.6) is 0 Å². The first-order chi connectivity index (χ1) is 33.0. The maximum atomic E-state index is 12.7. The highest BCUT2D eigenvalue weighted by molar-refractivity contribution is 7.47. The van der Waals surface area contributed by atoms with Crippen LogP contribution in [0.4, 0.5) is 0 Å². The lowest BCUT2D eigenvalue weighted by Gasteiger charge is -2.24. The predicted molar refractivity (Wildman–Crippen MR) is 288 cm³/mol. The second-order valence-corrected chi connectivity index (χ2v) is 20.0. The van der Waals surface area contributed by atoms with Crippen molar-refractivity contribution in [3.05, 3.63) is 109 Å². The minimum Gasteiger partial charge on any atom is -0.462 e. The van der Waals surface area contributed by atoms with Gasteiger partial charge in [-0.2, -0.15) is 0 Å². The lowest BCUT2D eigenvalue weighted by Crippen LogP contribution is -2.37. The number of allylic oxidation sites excluding steroid dienone is 18. The van der Waals surface area contributed by atoms with Gasteiger partial charge in [-0.15, -0.1) is 0 Å². The molecule has 0 saturated carbocycles. The highest BCUT2D eigenvalue weighted by Gasteiger charge is 2.27. The zero-order chi connectivity index (χ0) is 49.9. The standard InChI is InChI=1S/C58H98NO8P/c1-6-8-10-12-13-14-15-16-17-18-19-20-21-22-23-24-25-26-27-28-29-30-31-32-33-34-35-36-37-38-39-40-41-42-43-44-45-47-49-51-58(61)67-56(54-64-57(60)50-48-46-11-9-7-2)55-66-68(62,63)65-53-52-59(3,4)5/h8,10,13-14,16-17,19-20,22-23,25-26,28-29,31-32,34-35,56H,6-7,9,11-12,15,18,21,24,27,30,33,36-55H2,1-5H3/p+1/b10-8-,14-13-,17-16-,20-19-,23-22-,26-25-,29-28-,32-31-,35-34-. The monoisotopic (exact) mass is 969 g/mol. The molecule has 2 atom stereocenters. The van der Waals surface area contributed by atoms with Crippen molar-refractivity contribution in [2.45, 2.75) is 200 Å². The normalized spacial score (nSPS) is 14.3. The van der Waals surface area contributed by atoms with Crippen LogP contribution in [0, 0.1) is 0 Å². The molecule has 0 aromatic heterocycles. The Morgan fingerprint density at radius 1 is 0.471 bits per heavy atom. The number of rotatable bonds is 47. The number of carbonyl (C=O) groups excluding carboxylic acids is 2. The third-order valence-corrected chi connectivity index (χ3v) is 11.8. The van der Waals surface area contributed by atoms with Crippen LogP contribution in [0.15, 0.2) is 109 Å². The van der Waals surface area contributed by atoms with Crippen LogP contribution >= 0.6 is 7.82 Å². The Labute approximate surface area is 416 Å². The van der Waals surface area contributed by atoms with Gasteiger partial charge in [0.2, 0.25) is 0 Å². The molecule has 2 unspecified atom stereocenters. The number of hydrogen-bond donors (Lipinski definition) is 1. The van der Waals surface area contributed by atoms with Crippen LogP contribution in [-0.2, 0) is 32.7 Å². The minimum absolute atomic E-state index is 0.0273. The molecule has 0 fully saturated rings. The summed E-state index contributed by atoms with van der Waals surface area (Å²) in [6.45, 7) is 4.19. The molecule has 0 aromatic carbocycles. The fourth-order valence-electron chi connectivity index (χ4n) is 6.71. The summed E-state index contributed by atoms with van der Waals surface area (Å²) in [6.07, 6.45) is 67.9. The molecule has 0 bridgehead atoms. The van der Waals surface area contributed by atoms with Crippen molar-refractivity contribution >= 4 is 19.8 Å². The van der Waals surface area contributed by atoms with Crippen molar-refractivity contribution < 1.29 is 42.1 Å². The molecule has 0 aliphatic carbocycles. The molecule has 0 aromatic rings. The fourth-order valence-corrected chi connectivity index (χ4v) is 7.45. The lowest BCUT2D eigenvalue weighted by atomic mass is 10.0. The highest BCUT2D eigenvalue weighted by Crippen LogP contribution is 2.43. The first-order valence-corrected chi connectivity index (χ1v) is 28.1. The van der Waals surface area contributed by atoms with Gasteiger partial charge in [-0.05, 0) is 83.5 Å². The van der Waals surface area contributed by atoms with E-state index in [9.17, 15) is 19.0 Å². The Morgan fingerprint density at radius 2 is 0.838 bits per heavy atom. The van der Waals surface area contributed by atoms with Crippen LogP contribution < -0.4 is 0 Å². The van der Waals surface area contributed by atoms with E-state index in [2.05, 4.69) is 123 Å². The fraction of sp³-hybridized carbons (Fsp3) is 0.655. The number of unbranched alkanes of at least 4 members (excludes halogenated alkanes) is 15. The Kier molecular flexibility index (Phi) is 46.3. The van der Waals surface area contributed by atoms with E-state index in [-0.39, 0.29) is 32.0 Å². The second-order valence-electron chi connectivity index (χ2n) is 18.5. The van der Waals surface area contributed by atoms with Gasteiger partial charge in [-0.1, -0.05) is 207 Å². The molecule has 1 N–H and O–H groups in total. The van der Waals surface area contributed by atoms with Crippen molar-refractivity contribution in [3.63, 3.8) is 0 Å². The van der Waals surface area contributed by atoms with E-state index < -0.39 is 26.5 Å². The third-order valence-electron chi connectivity index (χ3n) is 10.8. The van der Waals surface area contributed by atoms with Gasteiger partial charge in [0.25, 0.3) is 0 Å². The molecule has 0 aliphatic heterocycles.